The molecule has 1 saturated heterocycles. The van der Waals surface area contributed by atoms with Crippen molar-refractivity contribution in [2.45, 2.75) is 31.4 Å². The average Bonchev–Trinajstić information content (AvgIpc) is 3.00. The highest BCUT2D eigenvalue weighted by Gasteiger charge is 2.37. The summed E-state index contributed by atoms with van der Waals surface area (Å²) in [5.41, 5.74) is -0.545. The number of methoxy groups -OCH3 is 1. The van der Waals surface area contributed by atoms with Crippen LogP contribution >= 0.6 is 11.6 Å². The fourth-order valence-electron chi connectivity index (χ4n) is 2.43. The summed E-state index contributed by atoms with van der Waals surface area (Å²) in [7, 11) is 1.32. The van der Waals surface area contributed by atoms with E-state index in [2.05, 4.69) is 5.32 Å². The third-order valence-corrected chi connectivity index (χ3v) is 4.09. The number of carbonyl (C=O) groups excluding carboxylic acids is 1. The molecule has 0 saturated carbocycles. The van der Waals surface area contributed by atoms with Gasteiger partial charge in [0.15, 0.2) is 0 Å². The van der Waals surface area contributed by atoms with Crippen LogP contribution in [0.25, 0.3) is 0 Å². The van der Waals surface area contributed by atoms with Crippen molar-refractivity contribution in [3.8, 4) is 0 Å². The quantitative estimate of drug-likeness (QED) is 0.849. The first-order chi connectivity index (χ1) is 9.97. The number of carbonyl (C=O) groups is 1. The Morgan fingerprint density at radius 2 is 2.38 bits per heavy atom. The Labute approximate surface area is 128 Å². The highest BCUT2D eigenvalue weighted by atomic mass is 35.5. The Morgan fingerprint density at radius 1 is 1.62 bits per heavy atom. The maximum absolute atomic E-state index is 13.3. The van der Waals surface area contributed by atoms with E-state index < -0.39 is 17.3 Å². The molecule has 0 aliphatic carbocycles. The molecule has 1 aliphatic heterocycles. The summed E-state index contributed by atoms with van der Waals surface area (Å²) in [4.78, 5) is 12.2. The van der Waals surface area contributed by atoms with E-state index in [-0.39, 0.29) is 11.1 Å². The van der Waals surface area contributed by atoms with Gasteiger partial charge in [0.05, 0.1) is 18.2 Å². The first kappa shape index (κ1) is 16.2. The van der Waals surface area contributed by atoms with Crippen molar-refractivity contribution in [1.82, 2.24) is 5.32 Å². The van der Waals surface area contributed by atoms with Crippen molar-refractivity contribution in [2.75, 3.05) is 20.3 Å². The minimum atomic E-state index is -1.10. The van der Waals surface area contributed by atoms with E-state index in [0.717, 1.165) is 19.4 Å². The van der Waals surface area contributed by atoms with Crippen molar-refractivity contribution in [1.29, 1.82) is 0 Å². The molecule has 1 aromatic rings. The number of hydrogen-bond donors (Lipinski definition) is 1. The number of esters is 1. The molecular weight excluding hydrogens is 297 g/mol. The molecule has 1 fully saturated rings. The highest BCUT2D eigenvalue weighted by Crippen LogP contribution is 2.27. The van der Waals surface area contributed by atoms with Gasteiger partial charge in [-0.25, -0.2) is 9.18 Å². The van der Waals surface area contributed by atoms with Crippen LogP contribution in [0, 0.1) is 5.82 Å². The van der Waals surface area contributed by atoms with Crippen molar-refractivity contribution in [2.24, 2.45) is 0 Å². The molecule has 2 rings (SSSR count). The van der Waals surface area contributed by atoms with Gasteiger partial charge >= 0.3 is 5.97 Å². The molecule has 116 valence electrons. The van der Waals surface area contributed by atoms with E-state index in [0.29, 0.717) is 12.1 Å². The van der Waals surface area contributed by atoms with E-state index >= 15 is 0 Å². The van der Waals surface area contributed by atoms with Crippen molar-refractivity contribution < 1.29 is 18.7 Å². The zero-order valence-electron chi connectivity index (χ0n) is 12.1. The van der Waals surface area contributed by atoms with Gasteiger partial charge in [-0.2, -0.15) is 0 Å². The zero-order valence-corrected chi connectivity index (χ0v) is 12.9. The number of hydrogen-bond acceptors (Lipinski definition) is 4. The van der Waals surface area contributed by atoms with Gasteiger partial charge in [0.1, 0.15) is 11.4 Å². The van der Waals surface area contributed by atoms with Gasteiger partial charge in [-0.3, -0.25) is 5.32 Å². The zero-order chi connectivity index (χ0) is 15.5. The Hall–Kier alpha value is -1.17. The van der Waals surface area contributed by atoms with Crippen LogP contribution < -0.4 is 5.32 Å². The number of halogens is 2. The average molecular weight is 316 g/mol. The van der Waals surface area contributed by atoms with Gasteiger partial charge in [0.25, 0.3) is 0 Å². The van der Waals surface area contributed by atoms with Crippen molar-refractivity contribution in [3.63, 3.8) is 0 Å². The molecule has 1 aromatic carbocycles. The fourth-order valence-corrected chi connectivity index (χ4v) is 2.61. The smallest absolute Gasteiger partial charge is 0.330 e. The molecule has 1 aliphatic rings. The maximum Gasteiger partial charge on any atom is 0.330 e. The first-order valence-corrected chi connectivity index (χ1v) is 7.25. The van der Waals surface area contributed by atoms with Gasteiger partial charge in [-0.15, -0.1) is 0 Å². The lowest BCUT2D eigenvalue weighted by Gasteiger charge is -2.30. The number of nitrogens with one attached hydrogen (secondary N) is 1. The van der Waals surface area contributed by atoms with Gasteiger partial charge in [0, 0.05) is 13.2 Å². The molecule has 0 radical (unpaired) electrons. The predicted octanol–water partition coefficient (Wildman–Crippen LogP) is 2.64. The lowest BCUT2D eigenvalue weighted by Crippen LogP contribution is -2.49. The second kappa shape index (κ2) is 6.73. The topological polar surface area (TPSA) is 47.6 Å². The number of benzene rings is 1. The molecular formula is C15H19ClFNO3. The van der Waals surface area contributed by atoms with E-state index in [1.807, 2.05) is 0 Å². The van der Waals surface area contributed by atoms with Crippen LogP contribution in [0.5, 0.6) is 0 Å². The Bertz CT molecular complexity index is 520. The Kier molecular flexibility index (Phi) is 5.19. The van der Waals surface area contributed by atoms with E-state index in [9.17, 15) is 9.18 Å². The monoisotopic (exact) mass is 315 g/mol. The fraction of sp³-hybridized carbons (Fsp3) is 0.533. The largest absolute Gasteiger partial charge is 0.467 e. The second-order valence-corrected chi connectivity index (χ2v) is 5.67. The molecule has 0 amide bonds. The Balaban J connectivity index is 2.22. The van der Waals surface area contributed by atoms with Crippen LogP contribution in [-0.4, -0.2) is 32.3 Å². The van der Waals surface area contributed by atoms with Crippen LogP contribution in [0.1, 0.15) is 25.3 Å². The van der Waals surface area contributed by atoms with Crippen LogP contribution in [0.15, 0.2) is 18.2 Å². The van der Waals surface area contributed by atoms with Crippen LogP contribution in [-0.2, 0) is 19.8 Å². The lowest BCUT2D eigenvalue weighted by molar-refractivity contribution is -0.148. The van der Waals surface area contributed by atoms with Crippen molar-refractivity contribution >= 4 is 17.6 Å². The molecule has 6 heteroatoms. The van der Waals surface area contributed by atoms with Gasteiger partial charge in [0.2, 0.25) is 0 Å². The summed E-state index contributed by atoms with van der Waals surface area (Å²) in [6.45, 7) is 2.95. The third-order valence-electron chi connectivity index (χ3n) is 3.80. The van der Waals surface area contributed by atoms with E-state index in [1.54, 1.807) is 6.92 Å². The molecule has 0 aromatic heterocycles. The summed E-state index contributed by atoms with van der Waals surface area (Å²) >= 11 is 5.82. The third kappa shape index (κ3) is 3.54. The molecule has 0 spiro atoms. The highest BCUT2D eigenvalue weighted by molar-refractivity contribution is 6.30. The molecule has 1 N–H and O–H groups in total. The first-order valence-electron chi connectivity index (χ1n) is 6.88. The molecule has 2 atom stereocenters. The van der Waals surface area contributed by atoms with Gasteiger partial charge < -0.3 is 9.47 Å². The van der Waals surface area contributed by atoms with Crippen LogP contribution in [0.2, 0.25) is 5.02 Å². The molecule has 1 heterocycles. The summed E-state index contributed by atoms with van der Waals surface area (Å²) < 4.78 is 23.7. The maximum atomic E-state index is 13.3. The van der Waals surface area contributed by atoms with E-state index in [4.69, 9.17) is 21.1 Å². The summed E-state index contributed by atoms with van der Waals surface area (Å²) in [5.74, 6) is -0.977. The van der Waals surface area contributed by atoms with Gasteiger partial charge in [-0.1, -0.05) is 17.7 Å². The SMILES string of the molecule is COC(=O)C(C)(NCC1CCCO1)c1ccc(F)c(Cl)c1. The number of rotatable bonds is 5. The molecule has 4 nitrogen and oxygen atoms in total. The van der Waals surface area contributed by atoms with Crippen LogP contribution in [0.3, 0.4) is 0 Å². The minimum Gasteiger partial charge on any atom is -0.467 e. The van der Waals surface area contributed by atoms with Crippen molar-refractivity contribution in [3.05, 3.63) is 34.6 Å². The van der Waals surface area contributed by atoms with E-state index in [1.165, 1.54) is 25.3 Å². The van der Waals surface area contributed by atoms with Crippen LogP contribution in [0.4, 0.5) is 4.39 Å². The molecule has 2 unspecified atom stereocenters. The minimum absolute atomic E-state index is 0.0263. The molecule has 0 bridgehead atoms. The summed E-state index contributed by atoms with van der Waals surface area (Å²) in [6.07, 6.45) is 2.04. The molecule has 21 heavy (non-hydrogen) atoms. The summed E-state index contributed by atoms with van der Waals surface area (Å²) in [6, 6.07) is 4.21. The summed E-state index contributed by atoms with van der Waals surface area (Å²) in [5, 5.41) is 3.14. The Morgan fingerprint density at radius 3 is 2.95 bits per heavy atom. The van der Waals surface area contributed by atoms with Gasteiger partial charge in [-0.05, 0) is 37.5 Å². The standard InChI is InChI=1S/C15H19ClFNO3/c1-15(14(19)20-2,18-9-11-4-3-7-21-11)10-5-6-13(17)12(16)8-10/h5-6,8,11,18H,3-4,7,9H2,1-2H3. The number of ether oxygens (including phenoxy) is 2. The normalized spacial score (nSPS) is 21.0. The predicted molar refractivity (Wildman–Crippen MR) is 77.8 cm³/mol. The lowest BCUT2D eigenvalue weighted by atomic mass is 9.91. The second-order valence-electron chi connectivity index (χ2n) is 5.26.